The summed E-state index contributed by atoms with van der Waals surface area (Å²) in [5.74, 6) is 0.403. The summed E-state index contributed by atoms with van der Waals surface area (Å²) < 4.78 is 38.0. The van der Waals surface area contributed by atoms with Crippen LogP contribution in [0.3, 0.4) is 0 Å². The van der Waals surface area contributed by atoms with Crippen LogP contribution >= 0.6 is 0 Å². The summed E-state index contributed by atoms with van der Waals surface area (Å²) in [6, 6.07) is 11.9. The number of hydrogen-bond acceptors (Lipinski definition) is 5. The summed E-state index contributed by atoms with van der Waals surface area (Å²) >= 11 is 0. The molecule has 1 heterocycles. The van der Waals surface area contributed by atoms with Gasteiger partial charge >= 0.3 is 6.18 Å². The zero-order chi connectivity index (χ0) is 18.7. The van der Waals surface area contributed by atoms with Crippen molar-refractivity contribution in [2.24, 2.45) is 5.73 Å². The number of alkyl halides is 3. The predicted octanol–water partition coefficient (Wildman–Crippen LogP) is 3.62. The van der Waals surface area contributed by atoms with Crippen molar-refractivity contribution in [1.29, 1.82) is 0 Å². The van der Waals surface area contributed by atoms with Crippen LogP contribution in [0.15, 0.2) is 48.5 Å². The lowest BCUT2D eigenvalue weighted by Gasteiger charge is -2.11. The van der Waals surface area contributed by atoms with Crippen molar-refractivity contribution in [3.63, 3.8) is 0 Å². The number of nitrogens with zero attached hydrogens (tertiary/aromatic N) is 4. The molecule has 0 spiro atoms. The molecule has 6 nitrogen and oxygen atoms in total. The Bertz CT molecular complexity index is 873. The highest BCUT2D eigenvalue weighted by Crippen LogP contribution is 2.32. The lowest BCUT2D eigenvalue weighted by Crippen LogP contribution is -2.18. The number of hydrogen-bond donors (Lipinski definition) is 2. The van der Waals surface area contributed by atoms with Crippen LogP contribution in [0.2, 0.25) is 0 Å². The van der Waals surface area contributed by atoms with Gasteiger partial charge in [-0.1, -0.05) is 12.1 Å². The predicted molar refractivity (Wildman–Crippen MR) is 91.7 cm³/mol. The Morgan fingerprint density at radius 2 is 1.81 bits per heavy atom. The molecule has 9 heteroatoms. The van der Waals surface area contributed by atoms with E-state index >= 15 is 0 Å². The van der Waals surface area contributed by atoms with E-state index in [0.29, 0.717) is 29.3 Å². The Morgan fingerprint density at radius 3 is 2.46 bits per heavy atom. The summed E-state index contributed by atoms with van der Waals surface area (Å²) in [6.45, 7) is 2.25. The van der Waals surface area contributed by atoms with Crippen LogP contribution in [-0.2, 0) is 6.18 Å². The second-order valence-corrected chi connectivity index (χ2v) is 5.76. The van der Waals surface area contributed by atoms with Crippen LogP contribution in [0.25, 0.3) is 11.4 Å². The van der Waals surface area contributed by atoms with Crippen molar-refractivity contribution >= 4 is 11.4 Å². The molecular formula is C17H17F3N6. The normalized spacial score (nSPS) is 12.8. The molecule has 0 bridgehead atoms. The van der Waals surface area contributed by atoms with E-state index in [1.807, 2.05) is 19.1 Å². The number of halogens is 3. The summed E-state index contributed by atoms with van der Waals surface area (Å²) in [5, 5.41) is 15.5. The van der Waals surface area contributed by atoms with E-state index in [-0.39, 0.29) is 6.04 Å². The second kappa shape index (κ2) is 7.12. The molecule has 0 aliphatic carbocycles. The first-order chi connectivity index (χ1) is 12.4. The number of nitrogens with two attached hydrogens (primary N) is 1. The molecule has 1 atom stereocenters. The van der Waals surface area contributed by atoms with Gasteiger partial charge in [0.25, 0.3) is 0 Å². The topological polar surface area (TPSA) is 81.7 Å². The van der Waals surface area contributed by atoms with Crippen LogP contribution in [0.5, 0.6) is 0 Å². The quantitative estimate of drug-likeness (QED) is 0.724. The average molecular weight is 362 g/mol. The van der Waals surface area contributed by atoms with Crippen molar-refractivity contribution in [3.8, 4) is 11.4 Å². The number of para-hydroxylation sites is 1. The molecule has 1 aromatic heterocycles. The van der Waals surface area contributed by atoms with E-state index in [2.05, 4.69) is 20.7 Å². The zero-order valence-electron chi connectivity index (χ0n) is 13.9. The highest BCUT2D eigenvalue weighted by Gasteiger charge is 2.29. The zero-order valence-corrected chi connectivity index (χ0v) is 13.9. The minimum absolute atomic E-state index is 0.0914. The number of nitrogens with one attached hydrogen (secondary N) is 1. The molecule has 0 aliphatic heterocycles. The van der Waals surface area contributed by atoms with Crippen LogP contribution in [0, 0.1) is 0 Å². The number of aromatic nitrogens is 4. The second-order valence-electron chi connectivity index (χ2n) is 5.76. The van der Waals surface area contributed by atoms with Crippen molar-refractivity contribution in [2.75, 3.05) is 11.9 Å². The minimum Gasteiger partial charge on any atom is -0.355 e. The third-order valence-electron chi connectivity index (χ3n) is 3.82. The first-order valence-corrected chi connectivity index (χ1v) is 7.91. The average Bonchev–Trinajstić information content (AvgIpc) is 3.11. The Kier molecular flexibility index (Phi) is 4.90. The molecular weight excluding hydrogens is 345 g/mol. The van der Waals surface area contributed by atoms with E-state index in [0.717, 1.165) is 12.1 Å². The van der Waals surface area contributed by atoms with Gasteiger partial charge in [-0.25, -0.2) is 0 Å². The van der Waals surface area contributed by atoms with Crippen LogP contribution in [0.4, 0.5) is 24.5 Å². The van der Waals surface area contributed by atoms with E-state index in [1.165, 1.54) is 16.9 Å². The summed E-state index contributed by atoms with van der Waals surface area (Å²) in [7, 11) is 0. The maximum absolute atomic E-state index is 12.7. The van der Waals surface area contributed by atoms with Crippen molar-refractivity contribution in [3.05, 3.63) is 54.1 Å². The van der Waals surface area contributed by atoms with Crippen molar-refractivity contribution in [1.82, 2.24) is 20.2 Å². The molecule has 3 N–H and O–H groups in total. The fourth-order valence-electron chi connectivity index (χ4n) is 2.30. The monoisotopic (exact) mass is 362 g/mol. The standard InChI is InChI=1S/C17H17F3N6/c1-11(10-21)26-24-16(23-25-26)14-4-2-3-5-15(14)22-13-8-6-12(7-9-13)17(18,19)20/h2-9,11,22H,10,21H2,1H3. The Hall–Kier alpha value is -2.94. The van der Waals surface area contributed by atoms with Gasteiger partial charge in [0.15, 0.2) is 0 Å². The number of tetrazole rings is 1. The van der Waals surface area contributed by atoms with Gasteiger partial charge in [-0.15, -0.1) is 10.2 Å². The molecule has 1 unspecified atom stereocenters. The Labute approximate surface area is 147 Å². The highest BCUT2D eigenvalue weighted by molar-refractivity contribution is 5.77. The van der Waals surface area contributed by atoms with Gasteiger partial charge in [0, 0.05) is 23.5 Å². The number of benzene rings is 2. The number of anilines is 2. The van der Waals surface area contributed by atoms with Crippen LogP contribution in [-0.4, -0.2) is 26.8 Å². The van der Waals surface area contributed by atoms with E-state index in [1.54, 1.807) is 12.1 Å². The Morgan fingerprint density at radius 1 is 1.12 bits per heavy atom. The molecule has 0 saturated heterocycles. The first-order valence-electron chi connectivity index (χ1n) is 7.91. The van der Waals surface area contributed by atoms with Gasteiger partial charge in [0.1, 0.15) is 0 Å². The summed E-state index contributed by atoms with van der Waals surface area (Å²) in [4.78, 5) is 1.43. The SMILES string of the molecule is CC(CN)n1nnc(-c2ccccc2Nc2ccc(C(F)(F)F)cc2)n1. The first kappa shape index (κ1) is 17.9. The van der Waals surface area contributed by atoms with Crippen molar-refractivity contribution < 1.29 is 13.2 Å². The van der Waals surface area contributed by atoms with Gasteiger partial charge in [-0.05, 0) is 48.5 Å². The smallest absolute Gasteiger partial charge is 0.355 e. The van der Waals surface area contributed by atoms with Crippen LogP contribution in [0.1, 0.15) is 18.5 Å². The maximum Gasteiger partial charge on any atom is 0.416 e. The minimum atomic E-state index is -4.36. The molecule has 0 radical (unpaired) electrons. The maximum atomic E-state index is 12.7. The fraction of sp³-hybridized carbons (Fsp3) is 0.235. The highest BCUT2D eigenvalue weighted by atomic mass is 19.4. The van der Waals surface area contributed by atoms with Gasteiger partial charge in [-0.3, -0.25) is 0 Å². The van der Waals surface area contributed by atoms with Gasteiger partial charge in [0.05, 0.1) is 11.6 Å². The van der Waals surface area contributed by atoms with E-state index < -0.39 is 11.7 Å². The van der Waals surface area contributed by atoms with Crippen molar-refractivity contribution in [2.45, 2.75) is 19.1 Å². The van der Waals surface area contributed by atoms with Crippen LogP contribution < -0.4 is 11.1 Å². The molecule has 0 aliphatic rings. The molecule has 26 heavy (non-hydrogen) atoms. The molecule has 0 saturated carbocycles. The Balaban J connectivity index is 1.87. The van der Waals surface area contributed by atoms with Gasteiger partial charge < -0.3 is 11.1 Å². The third kappa shape index (κ3) is 3.83. The molecule has 2 aromatic carbocycles. The molecule has 3 rings (SSSR count). The fourth-order valence-corrected chi connectivity index (χ4v) is 2.30. The lowest BCUT2D eigenvalue weighted by atomic mass is 10.1. The summed E-state index contributed by atoms with van der Waals surface area (Å²) in [5.41, 5.74) is 6.77. The van der Waals surface area contributed by atoms with Gasteiger partial charge in [0.2, 0.25) is 5.82 Å². The number of rotatable bonds is 5. The largest absolute Gasteiger partial charge is 0.416 e. The third-order valence-corrected chi connectivity index (χ3v) is 3.82. The lowest BCUT2D eigenvalue weighted by molar-refractivity contribution is -0.137. The van der Waals surface area contributed by atoms with E-state index in [9.17, 15) is 13.2 Å². The molecule has 0 fully saturated rings. The van der Waals surface area contributed by atoms with Gasteiger partial charge in [-0.2, -0.15) is 18.0 Å². The summed E-state index contributed by atoms with van der Waals surface area (Å²) in [6.07, 6.45) is -4.36. The molecule has 0 amide bonds. The molecule has 136 valence electrons. The van der Waals surface area contributed by atoms with E-state index in [4.69, 9.17) is 5.73 Å². The molecule has 3 aromatic rings.